The van der Waals surface area contributed by atoms with Gasteiger partial charge in [0.05, 0.1) is 18.8 Å². The number of aromatic nitrogens is 2. The highest BCUT2D eigenvalue weighted by Gasteiger charge is 2.20. The van der Waals surface area contributed by atoms with Crippen molar-refractivity contribution in [1.82, 2.24) is 10.2 Å². The molecule has 2 heterocycles. The molecule has 0 spiro atoms. The fourth-order valence-corrected chi connectivity index (χ4v) is 3.49. The van der Waals surface area contributed by atoms with Crippen LogP contribution in [0.1, 0.15) is 43.0 Å². The Morgan fingerprint density at radius 2 is 1.89 bits per heavy atom. The van der Waals surface area contributed by atoms with Gasteiger partial charge in [0.15, 0.2) is 11.0 Å². The minimum Gasteiger partial charge on any atom is -0.494 e. The van der Waals surface area contributed by atoms with Crippen molar-refractivity contribution in [3.8, 4) is 5.75 Å². The zero-order valence-corrected chi connectivity index (χ0v) is 16.9. The van der Waals surface area contributed by atoms with Gasteiger partial charge in [-0.3, -0.25) is 0 Å². The zero-order chi connectivity index (χ0) is 19.8. The molecule has 0 atom stereocenters. The summed E-state index contributed by atoms with van der Waals surface area (Å²) in [4.78, 5) is 13.9. The lowest BCUT2D eigenvalue weighted by molar-refractivity contribution is 0.0526. The first-order valence-corrected chi connectivity index (χ1v) is 10.2. The van der Waals surface area contributed by atoms with Crippen molar-refractivity contribution in [3.63, 3.8) is 0 Å². The van der Waals surface area contributed by atoms with Gasteiger partial charge in [-0.2, -0.15) is 0 Å². The zero-order valence-electron chi connectivity index (χ0n) is 16.1. The van der Waals surface area contributed by atoms with Crippen LogP contribution < -0.4 is 9.64 Å². The molecule has 1 fully saturated rings. The van der Waals surface area contributed by atoms with Gasteiger partial charge in [-0.05, 0) is 74.9 Å². The van der Waals surface area contributed by atoms with Crippen LogP contribution in [-0.2, 0) is 4.74 Å². The first-order valence-electron chi connectivity index (χ1n) is 9.80. The summed E-state index contributed by atoms with van der Waals surface area (Å²) in [7, 11) is 0. The normalized spacial score (nSPS) is 14.7. The van der Waals surface area contributed by atoms with E-state index in [0.29, 0.717) is 29.8 Å². The highest BCUT2D eigenvalue weighted by molar-refractivity contribution is 6.29. The summed E-state index contributed by atoms with van der Waals surface area (Å²) in [5, 5.41) is 8.50. The highest BCUT2D eigenvalue weighted by atomic mass is 35.5. The summed E-state index contributed by atoms with van der Waals surface area (Å²) in [6, 6.07) is 10.8. The third-order valence-electron chi connectivity index (χ3n) is 4.95. The average molecular weight is 404 g/mol. The Kier molecular flexibility index (Phi) is 7.48. The molecule has 1 aliphatic heterocycles. The molecule has 1 aromatic heterocycles. The van der Waals surface area contributed by atoms with E-state index in [1.165, 1.54) is 0 Å². The molecule has 1 aromatic carbocycles. The van der Waals surface area contributed by atoms with Gasteiger partial charge in [0.1, 0.15) is 5.75 Å². The van der Waals surface area contributed by atoms with Crippen LogP contribution in [0.25, 0.3) is 0 Å². The van der Waals surface area contributed by atoms with Gasteiger partial charge in [0.25, 0.3) is 0 Å². The molecule has 6 nitrogen and oxygen atoms in total. The van der Waals surface area contributed by atoms with E-state index in [9.17, 15) is 4.79 Å². The second-order valence-electron chi connectivity index (χ2n) is 6.88. The van der Waals surface area contributed by atoms with E-state index in [0.717, 1.165) is 50.3 Å². The topological polar surface area (TPSA) is 64.6 Å². The fraction of sp³-hybridized carbons (Fsp3) is 0.476. The monoisotopic (exact) mass is 403 g/mol. The van der Waals surface area contributed by atoms with Crippen LogP contribution in [0, 0.1) is 5.92 Å². The molecule has 1 saturated heterocycles. The molecule has 0 amide bonds. The lowest BCUT2D eigenvalue weighted by Crippen LogP contribution is -2.34. The smallest absolute Gasteiger partial charge is 0.338 e. The maximum atomic E-state index is 11.6. The molecule has 0 unspecified atom stereocenters. The minimum absolute atomic E-state index is 0.301. The van der Waals surface area contributed by atoms with E-state index in [-0.39, 0.29) is 5.97 Å². The molecule has 0 radical (unpaired) electrons. The summed E-state index contributed by atoms with van der Waals surface area (Å²) < 4.78 is 10.8. The van der Waals surface area contributed by atoms with E-state index < -0.39 is 0 Å². The minimum atomic E-state index is -0.301. The van der Waals surface area contributed by atoms with Gasteiger partial charge in [0.2, 0.25) is 0 Å². The quantitative estimate of drug-likeness (QED) is 0.481. The second-order valence-corrected chi connectivity index (χ2v) is 7.27. The Balaban J connectivity index is 1.34. The molecule has 0 bridgehead atoms. The number of halogens is 1. The van der Waals surface area contributed by atoms with E-state index in [4.69, 9.17) is 21.1 Å². The maximum absolute atomic E-state index is 11.6. The Labute approximate surface area is 170 Å². The van der Waals surface area contributed by atoms with Gasteiger partial charge < -0.3 is 14.4 Å². The largest absolute Gasteiger partial charge is 0.494 e. The van der Waals surface area contributed by atoms with Crippen molar-refractivity contribution in [1.29, 1.82) is 0 Å². The summed E-state index contributed by atoms with van der Waals surface area (Å²) >= 11 is 5.80. The van der Waals surface area contributed by atoms with Crippen molar-refractivity contribution in [3.05, 3.63) is 47.1 Å². The molecule has 0 saturated carbocycles. The van der Waals surface area contributed by atoms with E-state index in [1.54, 1.807) is 25.1 Å². The number of rotatable bonds is 8. The van der Waals surface area contributed by atoms with Crippen LogP contribution in [0.2, 0.25) is 5.15 Å². The number of hydrogen-bond donors (Lipinski definition) is 0. The first kappa shape index (κ1) is 20.4. The van der Waals surface area contributed by atoms with E-state index >= 15 is 0 Å². The molecule has 2 aromatic rings. The second kappa shape index (κ2) is 10.3. The first-order chi connectivity index (χ1) is 13.7. The van der Waals surface area contributed by atoms with Crippen LogP contribution in [0.3, 0.4) is 0 Å². The molecule has 0 aliphatic carbocycles. The SMILES string of the molecule is CCOC(=O)c1ccc(OCCCC2CCN(c3ccc(Cl)nn3)CC2)cc1. The number of carbonyl (C=O) groups is 1. The lowest BCUT2D eigenvalue weighted by atomic mass is 9.92. The fourth-order valence-electron chi connectivity index (χ4n) is 3.39. The van der Waals surface area contributed by atoms with Crippen molar-refractivity contribution < 1.29 is 14.3 Å². The number of carbonyl (C=O) groups excluding carboxylic acids is 1. The number of ether oxygens (including phenoxy) is 2. The third-order valence-corrected chi connectivity index (χ3v) is 5.15. The summed E-state index contributed by atoms with van der Waals surface area (Å²) in [6.07, 6.45) is 4.48. The Morgan fingerprint density at radius 1 is 1.14 bits per heavy atom. The van der Waals surface area contributed by atoms with Crippen molar-refractivity contribution in [2.45, 2.75) is 32.6 Å². The number of piperidine rings is 1. The lowest BCUT2D eigenvalue weighted by Gasteiger charge is -2.32. The standard InChI is InChI=1S/C21H26ClN3O3/c1-2-27-21(26)17-5-7-18(8-6-17)28-15-3-4-16-11-13-25(14-12-16)20-10-9-19(22)23-24-20/h5-10,16H,2-4,11-15H2,1H3. The van der Waals surface area contributed by atoms with E-state index in [1.807, 2.05) is 18.2 Å². The number of anilines is 1. The molecular formula is C21H26ClN3O3. The van der Waals surface area contributed by atoms with E-state index in [2.05, 4.69) is 15.1 Å². The van der Waals surface area contributed by atoms with Gasteiger partial charge in [-0.15, -0.1) is 10.2 Å². The number of benzene rings is 1. The number of hydrogen-bond acceptors (Lipinski definition) is 6. The summed E-state index contributed by atoms with van der Waals surface area (Å²) in [5.74, 6) is 2.10. The van der Waals surface area contributed by atoms with Crippen LogP contribution in [0.5, 0.6) is 5.75 Å². The van der Waals surface area contributed by atoms with Gasteiger partial charge in [0, 0.05) is 13.1 Å². The predicted molar refractivity (Wildman–Crippen MR) is 109 cm³/mol. The third kappa shape index (κ3) is 5.83. The van der Waals surface area contributed by atoms with Crippen LogP contribution in [0.4, 0.5) is 5.82 Å². The van der Waals surface area contributed by atoms with Gasteiger partial charge >= 0.3 is 5.97 Å². The van der Waals surface area contributed by atoms with Crippen LogP contribution in [-0.4, -0.2) is 42.5 Å². The Morgan fingerprint density at radius 3 is 2.54 bits per heavy atom. The van der Waals surface area contributed by atoms with Gasteiger partial charge in [-0.25, -0.2) is 4.79 Å². The van der Waals surface area contributed by atoms with Crippen molar-refractivity contribution in [2.75, 3.05) is 31.2 Å². The molecule has 0 N–H and O–H groups in total. The summed E-state index contributed by atoms with van der Waals surface area (Å²) in [6.45, 7) is 4.85. The van der Waals surface area contributed by atoms with Crippen molar-refractivity contribution in [2.24, 2.45) is 5.92 Å². The Hall–Kier alpha value is -2.34. The molecule has 7 heteroatoms. The van der Waals surface area contributed by atoms with Crippen LogP contribution >= 0.6 is 11.6 Å². The molecule has 150 valence electrons. The Bertz CT molecular complexity index is 744. The highest BCUT2D eigenvalue weighted by Crippen LogP contribution is 2.25. The average Bonchev–Trinajstić information content (AvgIpc) is 2.73. The number of nitrogens with zero attached hydrogens (tertiary/aromatic N) is 3. The molecule has 28 heavy (non-hydrogen) atoms. The molecule has 3 rings (SSSR count). The molecule has 1 aliphatic rings. The van der Waals surface area contributed by atoms with Crippen molar-refractivity contribution >= 4 is 23.4 Å². The maximum Gasteiger partial charge on any atom is 0.338 e. The number of esters is 1. The summed E-state index contributed by atoms with van der Waals surface area (Å²) in [5.41, 5.74) is 0.548. The molecular weight excluding hydrogens is 378 g/mol. The predicted octanol–water partition coefficient (Wildman–Crippen LogP) is 4.38. The van der Waals surface area contributed by atoms with Crippen LogP contribution in [0.15, 0.2) is 36.4 Å². The van der Waals surface area contributed by atoms with Gasteiger partial charge in [-0.1, -0.05) is 11.6 Å².